The van der Waals surface area contributed by atoms with Crippen molar-refractivity contribution in [2.45, 2.75) is 6.54 Å². The maximum Gasteiger partial charge on any atom is 0.239 e. The van der Waals surface area contributed by atoms with Crippen molar-refractivity contribution in [3.8, 4) is 5.75 Å². The number of morpholine rings is 1. The maximum atomic E-state index is 11.7. The minimum atomic E-state index is -0.359. The molecule has 1 aliphatic heterocycles. The Morgan fingerprint density at radius 1 is 1.11 bits per heavy atom. The molecular formula is C17H28Cl2N4O4. The molecule has 1 aromatic rings. The summed E-state index contributed by atoms with van der Waals surface area (Å²) in [7, 11) is 0. The minimum Gasteiger partial charge on any atom is -0.492 e. The summed E-state index contributed by atoms with van der Waals surface area (Å²) in [6.07, 6.45) is 0. The quantitative estimate of drug-likeness (QED) is 0.514. The van der Waals surface area contributed by atoms with Crippen LogP contribution in [0, 0.1) is 0 Å². The summed E-state index contributed by atoms with van der Waals surface area (Å²) in [6, 6.07) is 7.59. The fourth-order valence-electron chi connectivity index (χ4n) is 2.41. The average Bonchev–Trinajstić information content (AvgIpc) is 2.66. The van der Waals surface area contributed by atoms with Crippen LogP contribution in [-0.2, 0) is 20.9 Å². The zero-order valence-corrected chi connectivity index (χ0v) is 16.8. The molecular weight excluding hydrogens is 395 g/mol. The van der Waals surface area contributed by atoms with E-state index in [0.29, 0.717) is 13.2 Å². The second kappa shape index (κ2) is 14.5. The number of rotatable bonds is 9. The van der Waals surface area contributed by atoms with Crippen LogP contribution in [0.2, 0.25) is 0 Å². The highest BCUT2D eigenvalue weighted by molar-refractivity contribution is 5.86. The fourth-order valence-corrected chi connectivity index (χ4v) is 2.41. The van der Waals surface area contributed by atoms with Gasteiger partial charge in [0.1, 0.15) is 12.4 Å². The number of halogens is 2. The van der Waals surface area contributed by atoms with Crippen molar-refractivity contribution in [1.29, 1.82) is 0 Å². The number of carbonyl (C=O) groups excluding carboxylic acids is 2. The number of hydrogen-bond acceptors (Lipinski definition) is 6. The minimum absolute atomic E-state index is 0. The first-order chi connectivity index (χ1) is 12.2. The molecule has 0 aliphatic carbocycles. The Labute approximate surface area is 171 Å². The SMILES string of the molecule is Cl.Cl.NCC(=O)NCC(=O)NCc1ccccc1OCCN1CCOCC1. The van der Waals surface area contributed by atoms with Gasteiger partial charge in [-0.05, 0) is 6.07 Å². The topological polar surface area (TPSA) is 106 Å². The lowest BCUT2D eigenvalue weighted by Gasteiger charge is -2.26. The predicted octanol–water partition coefficient (Wildman–Crippen LogP) is -0.0677. The normalized spacial score (nSPS) is 13.7. The maximum absolute atomic E-state index is 11.7. The van der Waals surface area contributed by atoms with E-state index in [1.54, 1.807) is 0 Å². The Hall–Kier alpha value is -1.58. The van der Waals surface area contributed by atoms with Crippen molar-refractivity contribution >= 4 is 36.6 Å². The van der Waals surface area contributed by atoms with E-state index < -0.39 is 0 Å². The first-order valence-electron chi connectivity index (χ1n) is 8.43. The Bertz CT molecular complexity index is 572. The number of carbonyl (C=O) groups is 2. The summed E-state index contributed by atoms with van der Waals surface area (Å²) in [6.45, 7) is 4.93. The van der Waals surface area contributed by atoms with Crippen LogP contribution in [-0.4, -0.2) is 69.3 Å². The Kier molecular flexibility index (Phi) is 13.6. The average molecular weight is 423 g/mol. The molecule has 1 fully saturated rings. The molecule has 1 aromatic carbocycles. The second-order valence-corrected chi connectivity index (χ2v) is 5.67. The molecule has 154 valence electrons. The molecule has 4 N–H and O–H groups in total. The van der Waals surface area contributed by atoms with Gasteiger partial charge in [-0.2, -0.15) is 0 Å². The third-order valence-corrected chi connectivity index (χ3v) is 3.85. The largest absolute Gasteiger partial charge is 0.492 e. The van der Waals surface area contributed by atoms with Gasteiger partial charge in [0.2, 0.25) is 11.8 Å². The first-order valence-corrected chi connectivity index (χ1v) is 8.43. The van der Waals surface area contributed by atoms with E-state index in [4.69, 9.17) is 15.2 Å². The number of benzene rings is 1. The van der Waals surface area contributed by atoms with Gasteiger partial charge in [0.15, 0.2) is 0 Å². The van der Waals surface area contributed by atoms with E-state index in [-0.39, 0.29) is 49.7 Å². The van der Waals surface area contributed by atoms with Gasteiger partial charge < -0.3 is 25.8 Å². The third kappa shape index (κ3) is 9.78. The molecule has 8 nitrogen and oxygen atoms in total. The van der Waals surface area contributed by atoms with E-state index >= 15 is 0 Å². The molecule has 1 aliphatic rings. The molecule has 0 atom stereocenters. The predicted molar refractivity (Wildman–Crippen MR) is 108 cm³/mol. The number of hydrogen-bond donors (Lipinski definition) is 3. The molecule has 0 radical (unpaired) electrons. The lowest BCUT2D eigenvalue weighted by Crippen LogP contribution is -2.39. The van der Waals surface area contributed by atoms with E-state index in [0.717, 1.165) is 44.2 Å². The molecule has 0 bridgehead atoms. The van der Waals surface area contributed by atoms with Crippen LogP contribution in [0.15, 0.2) is 24.3 Å². The Morgan fingerprint density at radius 2 is 1.81 bits per heavy atom. The van der Waals surface area contributed by atoms with Crippen LogP contribution in [0.1, 0.15) is 5.56 Å². The highest BCUT2D eigenvalue weighted by Crippen LogP contribution is 2.17. The molecule has 27 heavy (non-hydrogen) atoms. The summed E-state index contributed by atoms with van der Waals surface area (Å²) in [5, 5.41) is 5.19. The number of nitrogens with one attached hydrogen (secondary N) is 2. The van der Waals surface area contributed by atoms with Gasteiger partial charge in [-0.25, -0.2) is 0 Å². The summed E-state index contributed by atoms with van der Waals surface area (Å²) in [5.41, 5.74) is 6.06. The molecule has 0 unspecified atom stereocenters. The Morgan fingerprint density at radius 3 is 2.52 bits per heavy atom. The summed E-state index contributed by atoms with van der Waals surface area (Å²) in [5.74, 6) is 0.119. The summed E-state index contributed by atoms with van der Waals surface area (Å²) >= 11 is 0. The third-order valence-electron chi connectivity index (χ3n) is 3.85. The standard InChI is InChI=1S/C17H26N4O4.2ClH/c18-11-16(22)20-13-17(23)19-12-14-3-1-2-4-15(14)25-10-7-21-5-8-24-9-6-21;;/h1-4H,5-13,18H2,(H,19,23)(H,20,22);2*1H. The number of ether oxygens (including phenoxy) is 2. The van der Waals surface area contributed by atoms with Crippen LogP contribution >= 0.6 is 24.8 Å². The van der Waals surface area contributed by atoms with Crippen LogP contribution < -0.4 is 21.1 Å². The second-order valence-electron chi connectivity index (χ2n) is 5.67. The molecule has 10 heteroatoms. The van der Waals surface area contributed by atoms with Crippen molar-refractivity contribution in [1.82, 2.24) is 15.5 Å². The van der Waals surface area contributed by atoms with Crippen molar-refractivity contribution in [3.05, 3.63) is 29.8 Å². The van der Waals surface area contributed by atoms with Gasteiger partial charge in [0, 0.05) is 31.7 Å². The lowest BCUT2D eigenvalue weighted by molar-refractivity contribution is -0.125. The fraction of sp³-hybridized carbons (Fsp3) is 0.529. The van der Waals surface area contributed by atoms with Gasteiger partial charge in [-0.3, -0.25) is 14.5 Å². The van der Waals surface area contributed by atoms with Gasteiger partial charge in [0.25, 0.3) is 0 Å². The monoisotopic (exact) mass is 422 g/mol. The van der Waals surface area contributed by atoms with E-state index in [9.17, 15) is 9.59 Å². The molecule has 0 aromatic heterocycles. The van der Waals surface area contributed by atoms with E-state index in [2.05, 4.69) is 15.5 Å². The summed E-state index contributed by atoms with van der Waals surface area (Å²) < 4.78 is 11.2. The van der Waals surface area contributed by atoms with Crippen LogP contribution in [0.25, 0.3) is 0 Å². The highest BCUT2D eigenvalue weighted by atomic mass is 35.5. The number of nitrogens with two attached hydrogens (primary N) is 1. The smallest absolute Gasteiger partial charge is 0.239 e. The molecule has 0 saturated carbocycles. The van der Waals surface area contributed by atoms with Crippen molar-refractivity contribution in [3.63, 3.8) is 0 Å². The molecule has 2 rings (SSSR count). The van der Waals surface area contributed by atoms with Crippen LogP contribution in [0.3, 0.4) is 0 Å². The molecule has 1 heterocycles. The Balaban J connectivity index is 0.00000338. The lowest BCUT2D eigenvalue weighted by atomic mass is 10.2. The molecule has 2 amide bonds. The van der Waals surface area contributed by atoms with Crippen LogP contribution in [0.4, 0.5) is 0 Å². The van der Waals surface area contributed by atoms with Gasteiger partial charge >= 0.3 is 0 Å². The van der Waals surface area contributed by atoms with Crippen LogP contribution in [0.5, 0.6) is 5.75 Å². The van der Waals surface area contributed by atoms with Gasteiger partial charge in [-0.1, -0.05) is 18.2 Å². The number of amides is 2. The highest BCUT2D eigenvalue weighted by Gasteiger charge is 2.11. The van der Waals surface area contributed by atoms with Crippen molar-refractivity contribution in [2.75, 3.05) is 52.5 Å². The van der Waals surface area contributed by atoms with E-state index in [1.165, 1.54) is 0 Å². The molecule has 0 spiro atoms. The van der Waals surface area contributed by atoms with Crippen molar-refractivity contribution < 1.29 is 19.1 Å². The van der Waals surface area contributed by atoms with E-state index in [1.807, 2.05) is 24.3 Å². The van der Waals surface area contributed by atoms with Crippen molar-refractivity contribution in [2.24, 2.45) is 5.73 Å². The zero-order chi connectivity index (χ0) is 17.9. The number of nitrogens with zero attached hydrogens (tertiary/aromatic N) is 1. The first kappa shape index (κ1) is 25.4. The van der Waals surface area contributed by atoms with Gasteiger partial charge in [-0.15, -0.1) is 24.8 Å². The number of para-hydroxylation sites is 1. The van der Waals surface area contributed by atoms with Gasteiger partial charge in [0.05, 0.1) is 26.3 Å². The summed E-state index contributed by atoms with van der Waals surface area (Å²) in [4.78, 5) is 25.1. The molecule has 1 saturated heterocycles. The zero-order valence-electron chi connectivity index (χ0n) is 15.1.